The molecule has 0 unspecified atom stereocenters. The van der Waals surface area contributed by atoms with Crippen molar-refractivity contribution in [3.8, 4) is 0 Å². The molecule has 114 valence electrons. The lowest BCUT2D eigenvalue weighted by molar-refractivity contribution is -0.144. The molecular weight excluding hydrogens is 260 g/mol. The molecule has 1 spiro atoms. The third-order valence-electron chi connectivity index (χ3n) is 5.51. The molecule has 0 atom stereocenters. The summed E-state index contributed by atoms with van der Waals surface area (Å²) in [6.45, 7) is 2.38. The van der Waals surface area contributed by atoms with Gasteiger partial charge in [0.05, 0.1) is 6.61 Å². The second kappa shape index (κ2) is 6.21. The summed E-state index contributed by atoms with van der Waals surface area (Å²) >= 11 is 0. The van der Waals surface area contributed by atoms with E-state index in [1.165, 1.54) is 44.9 Å². The van der Waals surface area contributed by atoms with Crippen LogP contribution in [0.1, 0.15) is 63.0 Å². The van der Waals surface area contributed by atoms with Crippen LogP contribution in [0, 0.1) is 5.92 Å². The number of esters is 1. The van der Waals surface area contributed by atoms with Gasteiger partial charge in [-0.2, -0.15) is 0 Å². The molecule has 1 aromatic carbocycles. The van der Waals surface area contributed by atoms with Gasteiger partial charge in [-0.25, -0.2) is 0 Å². The van der Waals surface area contributed by atoms with Crippen LogP contribution in [0.15, 0.2) is 24.3 Å². The van der Waals surface area contributed by atoms with E-state index in [2.05, 4.69) is 24.3 Å². The summed E-state index contributed by atoms with van der Waals surface area (Å²) in [6, 6.07) is 9.02. The molecule has 0 heterocycles. The summed E-state index contributed by atoms with van der Waals surface area (Å²) in [6.07, 6.45) is 9.34. The van der Waals surface area contributed by atoms with Crippen LogP contribution in [-0.4, -0.2) is 12.6 Å². The van der Waals surface area contributed by atoms with Crippen LogP contribution in [0.4, 0.5) is 0 Å². The van der Waals surface area contributed by atoms with Gasteiger partial charge in [-0.3, -0.25) is 4.79 Å². The van der Waals surface area contributed by atoms with Crippen LogP contribution >= 0.6 is 0 Å². The van der Waals surface area contributed by atoms with Gasteiger partial charge in [0, 0.05) is 6.42 Å². The first-order valence-corrected chi connectivity index (χ1v) is 8.47. The average Bonchev–Trinajstić information content (AvgIpc) is 2.51. The highest BCUT2D eigenvalue weighted by molar-refractivity contribution is 5.69. The lowest BCUT2D eigenvalue weighted by Gasteiger charge is -2.44. The Hall–Kier alpha value is -1.31. The maximum atomic E-state index is 11.7. The highest BCUT2D eigenvalue weighted by Gasteiger charge is 2.39. The van der Waals surface area contributed by atoms with Crippen LogP contribution in [0.3, 0.4) is 0 Å². The van der Waals surface area contributed by atoms with Crippen molar-refractivity contribution in [3.05, 3.63) is 35.4 Å². The van der Waals surface area contributed by atoms with Gasteiger partial charge in [0.15, 0.2) is 0 Å². The van der Waals surface area contributed by atoms with E-state index in [0.717, 1.165) is 0 Å². The minimum absolute atomic E-state index is 0.0116. The van der Waals surface area contributed by atoms with Crippen LogP contribution in [-0.2, 0) is 21.4 Å². The SMILES string of the molecule is CCOC(=O)CC1CCC2(CCCc3ccccc32)CC1. The van der Waals surface area contributed by atoms with Crippen molar-refractivity contribution < 1.29 is 9.53 Å². The van der Waals surface area contributed by atoms with E-state index in [1.807, 2.05) is 6.92 Å². The molecule has 0 aliphatic heterocycles. The van der Waals surface area contributed by atoms with Crippen LogP contribution in [0.5, 0.6) is 0 Å². The number of carbonyl (C=O) groups excluding carboxylic acids is 1. The fourth-order valence-electron chi connectivity index (χ4n) is 4.42. The van der Waals surface area contributed by atoms with E-state index in [-0.39, 0.29) is 5.97 Å². The van der Waals surface area contributed by atoms with Gasteiger partial charge in [-0.05, 0) is 74.3 Å². The standard InChI is InChI=1S/C19H26O2/c1-2-21-18(20)14-15-9-12-19(13-10-15)11-5-7-16-6-3-4-8-17(16)19/h3-4,6,8,15H,2,5,7,9-14H2,1H3. The summed E-state index contributed by atoms with van der Waals surface area (Å²) in [5, 5.41) is 0. The summed E-state index contributed by atoms with van der Waals surface area (Å²) in [5.41, 5.74) is 3.57. The fourth-order valence-corrected chi connectivity index (χ4v) is 4.42. The molecule has 0 radical (unpaired) electrons. The molecule has 0 saturated heterocycles. The monoisotopic (exact) mass is 286 g/mol. The maximum absolute atomic E-state index is 11.7. The maximum Gasteiger partial charge on any atom is 0.306 e. The zero-order chi connectivity index (χ0) is 14.7. The van der Waals surface area contributed by atoms with E-state index in [4.69, 9.17) is 4.74 Å². The molecule has 2 aliphatic rings. The van der Waals surface area contributed by atoms with E-state index in [1.54, 1.807) is 11.1 Å². The number of benzene rings is 1. The van der Waals surface area contributed by atoms with Crippen molar-refractivity contribution in [2.75, 3.05) is 6.61 Å². The topological polar surface area (TPSA) is 26.3 Å². The predicted octanol–water partition coefficient (Wildman–Crippen LogP) is 4.40. The summed E-state index contributed by atoms with van der Waals surface area (Å²) < 4.78 is 5.10. The van der Waals surface area contributed by atoms with Crippen molar-refractivity contribution >= 4 is 5.97 Å². The van der Waals surface area contributed by atoms with Gasteiger partial charge in [-0.15, -0.1) is 0 Å². The normalized spacial score (nSPS) is 28.1. The number of ether oxygens (including phenoxy) is 1. The third-order valence-corrected chi connectivity index (χ3v) is 5.51. The molecule has 3 rings (SSSR count). The molecule has 2 nitrogen and oxygen atoms in total. The minimum Gasteiger partial charge on any atom is -0.466 e. The predicted molar refractivity (Wildman–Crippen MR) is 84.3 cm³/mol. The first kappa shape index (κ1) is 14.6. The number of hydrogen-bond acceptors (Lipinski definition) is 2. The first-order chi connectivity index (χ1) is 10.2. The smallest absolute Gasteiger partial charge is 0.306 e. The van der Waals surface area contributed by atoms with Gasteiger partial charge in [0.25, 0.3) is 0 Å². The van der Waals surface area contributed by atoms with Gasteiger partial charge < -0.3 is 4.74 Å². The van der Waals surface area contributed by atoms with E-state index < -0.39 is 0 Å². The molecule has 0 N–H and O–H groups in total. The van der Waals surface area contributed by atoms with Gasteiger partial charge in [0.2, 0.25) is 0 Å². The Labute approximate surface area is 127 Å². The first-order valence-electron chi connectivity index (χ1n) is 8.47. The van der Waals surface area contributed by atoms with Gasteiger partial charge in [-0.1, -0.05) is 24.3 Å². The molecule has 1 saturated carbocycles. The van der Waals surface area contributed by atoms with Crippen molar-refractivity contribution in [1.82, 2.24) is 0 Å². The number of fused-ring (bicyclic) bond motifs is 2. The average molecular weight is 286 g/mol. The Morgan fingerprint density at radius 2 is 2.00 bits per heavy atom. The molecule has 0 amide bonds. The van der Waals surface area contributed by atoms with Gasteiger partial charge in [0.1, 0.15) is 0 Å². The molecule has 0 bridgehead atoms. The van der Waals surface area contributed by atoms with Crippen molar-refractivity contribution in [3.63, 3.8) is 0 Å². The Bertz CT molecular complexity index is 498. The minimum atomic E-state index is -0.0116. The molecule has 0 aromatic heterocycles. The van der Waals surface area contributed by atoms with Crippen molar-refractivity contribution in [2.45, 2.75) is 63.7 Å². The second-order valence-electron chi connectivity index (χ2n) is 6.74. The Morgan fingerprint density at radius 3 is 2.76 bits per heavy atom. The summed E-state index contributed by atoms with van der Waals surface area (Å²) in [5.74, 6) is 0.520. The number of rotatable bonds is 3. The van der Waals surface area contributed by atoms with Gasteiger partial charge >= 0.3 is 5.97 Å². The lowest BCUT2D eigenvalue weighted by Crippen LogP contribution is -2.35. The number of carbonyl (C=O) groups is 1. The quantitative estimate of drug-likeness (QED) is 0.770. The molecule has 2 aliphatic carbocycles. The summed E-state index contributed by atoms with van der Waals surface area (Å²) in [4.78, 5) is 11.7. The van der Waals surface area contributed by atoms with E-state index in [9.17, 15) is 4.79 Å². The Morgan fingerprint density at radius 1 is 1.24 bits per heavy atom. The number of hydrogen-bond donors (Lipinski definition) is 0. The van der Waals surface area contributed by atoms with Crippen LogP contribution < -0.4 is 0 Å². The Balaban J connectivity index is 1.67. The Kier molecular flexibility index (Phi) is 4.32. The molecule has 1 fully saturated rings. The lowest BCUT2D eigenvalue weighted by atomic mass is 9.60. The highest BCUT2D eigenvalue weighted by atomic mass is 16.5. The van der Waals surface area contributed by atoms with Crippen LogP contribution in [0.25, 0.3) is 0 Å². The number of aryl methyl sites for hydroxylation is 1. The van der Waals surface area contributed by atoms with Crippen LogP contribution in [0.2, 0.25) is 0 Å². The van der Waals surface area contributed by atoms with E-state index >= 15 is 0 Å². The second-order valence-corrected chi connectivity index (χ2v) is 6.74. The molecule has 21 heavy (non-hydrogen) atoms. The van der Waals surface area contributed by atoms with Crippen molar-refractivity contribution in [2.24, 2.45) is 5.92 Å². The van der Waals surface area contributed by atoms with E-state index in [0.29, 0.717) is 24.4 Å². The summed E-state index contributed by atoms with van der Waals surface area (Å²) in [7, 11) is 0. The largest absolute Gasteiger partial charge is 0.466 e. The molecular formula is C19H26O2. The molecule has 1 aromatic rings. The fraction of sp³-hybridized carbons (Fsp3) is 0.632. The highest BCUT2D eigenvalue weighted by Crippen LogP contribution is 2.49. The van der Waals surface area contributed by atoms with Crippen molar-refractivity contribution in [1.29, 1.82) is 0 Å². The zero-order valence-corrected chi connectivity index (χ0v) is 13.1. The molecule has 2 heteroatoms. The third kappa shape index (κ3) is 3.00. The zero-order valence-electron chi connectivity index (χ0n) is 13.1.